The third kappa shape index (κ3) is 9.26. The number of carbonyl (C=O) groups excluding carboxylic acids is 2. The Kier molecular flexibility index (Phi) is 10.8. The molecule has 3 rings (SSSR count). The molecule has 0 aliphatic heterocycles. The van der Waals surface area contributed by atoms with Crippen LogP contribution in [0.5, 0.6) is 5.75 Å². The van der Waals surface area contributed by atoms with Crippen molar-refractivity contribution < 1.29 is 24.0 Å². The maximum Gasteiger partial charge on any atom is 0.407 e. The number of rotatable bonds is 11. The van der Waals surface area contributed by atoms with Crippen molar-refractivity contribution in [2.24, 2.45) is 5.92 Å². The lowest BCUT2D eigenvalue weighted by Crippen LogP contribution is -2.34. The number of alkyl carbamates (subject to hydrolysis) is 1. The Morgan fingerprint density at radius 3 is 2.46 bits per heavy atom. The highest BCUT2D eigenvalue weighted by Crippen LogP contribution is 2.37. The molecule has 11 nitrogen and oxygen atoms in total. The number of benzene rings is 2. The first-order chi connectivity index (χ1) is 19.4. The summed E-state index contributed by atoms with van der Waals surface area (Å²) in [5.74, 6) is 0.579. The molecule has 0 unspecified atom stereocenters. The van der Waals surface area contributed by atoms with Crippen molar-refractivity contribution in [1.82, 2.24) is 5.32 Å². The van der Waals surface area contributed by atoms with Crippen LogP contribution in [-0.4, -0.2) is 55.8 Å². The summed E-state index contributed by atoms with van der Waals surface area (Å²) in [5.41, 5.74) is 2.11. The van der Waals surface area contributed by atoms with Gasteiger partial charge in [0.05, 0.1) is 12.0 Å². The van der Waals surface area contributed by atoms with E-state index in [1.807, 2.05) is 30.0 Å². The number of amides is 2. The number of carbonyl (C=O) groups is 2. The number of aryl methyl sites for hydroxylation is 1. The molecule has 0 spiro atoms. The predicted molar refractivity (Wildman–Crippen MR) is 161 cm³/mol. The van der Waals surface area contributed by atoms with Crippen LogP contribution in [0, 0.1) is 23.0 Å². The van der Waals surface area contributed by atoms with E-state index < -0.39 is 11.7 Å². The summed E-state index contributed by atoms with van der Waals surface area (Å²) in [6, 6.07) is 10.9. The summed E-state index contributed by atoms with van der Waals surface area (Å²) >= 11 is 0. The van der Waals surface area contributed by atoms with Crippen LogP contribution in [0.2, 0.25) is 0 Å². The van der Waals surface area contributed by atoms with Gasteiger partial charge in [0.1, 0.15) is 22.7 Å². The second-order valence-corrected chi connectivity index (χ2v) is 11.5. The molecule has 1 saturated carbocycles. The van der Waals surface area contributed by atoms with Crippen LogP contribution in [0.3, 0.4) is 0 Å². The van der Waals surface area contributed by atoms with Gasteiger partial charge in [-0.05, 0) is 83.6 Å². The van der Waals surface area contributed by atoms with Gasteiger partial charge in [0.15, 0.2) is 0 Å². The molecular weight excluding hydrogens is 526 g/mol. The van der Waals surface area contributed by atoms with Gasteiger partial charge in [-0.15, -0.1) is 0 Å². The van der Waals surface area contributed by atoms with E-state index in [1.165, 1.54) is 0 Å². The zero-order valence-electron chi connectivity index (χ0n) is 24.9. The van der Waals surface area contributed by atoms with Crippen molar-refractivity contribution in [1.29, 1.82) is 0 Å². The van der Waals surface area contributed by atoms with Crippen molar-refractivity contribution in [3.8, 4) is 5.75 Å². The van der Waals surface area contributed by atoms with E-state index in [2.05, 4.69) is 16.0 Å². The zero-order valence-corrected chi connectivity index (χ0v) is 24.9. The highest BCUT2D eigenvalue weighted by molar-refractivity contribution is 5.92. The second-order valence-electron chi connectivity index (χ2n) is 11.5. The fourth-order valence-electron chi connectivity index (χ4n) is 4.95. The summed E-state index contributed by atoms with van der Waals surface area (Å²) in [4.78, 5) is 38.3. The summed E-state index contributed by atoms with van der Waals surface area (Å²) in [6.07, 6.45) is 2.92. The largest absolute Gasteiger partial charge is 0.496 e. The van der Waals surface area contributed by atoms with Gasteiger partial charge in [0, 0.05) is 43.9 Å². The lowest BCUT2D eigenvalue weighted by molar-refractivity contribution is -0.383. The van der Waals surface area contributed by atoms with Gasteiger partial charge in [-0.2, -0.15) is 0 Å². The first-order valence-electron chi connectivity index (χ1n) is 14.1. The maximum atomic E-state index is 12.9. The quantitative estimate of drug-likeness (QED) is 0.174. The van der Waals surface area contributed by atoms with Crippen molar-refractivity contribution in [3.05, 3.63) is 52.1 Å². The summed E-state index contributed by atoms with van der Waals surface area (Å²) in [7, 11) is 3.40. The third-order valence-electron chi connectivity index (χ3n) is 7.08. The number of hydrogen-bond acceptors (Lipinski definition) is 8. The number of methoxy groups -OCH3 is 1. The van der Waals surface area contributed by atoms with E-state index in [0.717, 1.165) is 24.2 Å². The second kappa shape index (κ2) is 14.0. The third-order valence-corrected chi connectivity index (χ3v) is 7.08. The Balaban J connectivity index is 1.55. The summed E-state index contributed by atoms with van der Waals surface area (Å²) < 4.78 is 10.6. The molecule has 0 aromatic heterocycles. The van der Waals surface area contributed by atoms with Crippen molar-refractivity contribution >= 4 is 34.7 Å². The number of para-hydroxylation sites is 1. The molecule has 2 aromatic rings. The van der Waals surface area contributed by atoms with Gasteiger partial charge in [-0.1, -0.05) is 12.1 Å². The van der Waals surface area contributed by atoms with Crippen LogP contribution >= 0.6 is 0 Å². The average Bonchev–Trinajstić information content (AvgIpc) is 2.91. The number of nitro benzene ring substituents is 1. The lowest BCUT2D eigenvalue weighted by Gasteiger charge is -2.29. The molecule has 3 N–H and O–H groups in total. The van der Waals surface area contributed by atoms with Crippen molar-refractivity contribution in [3.63, 3.8) is 0 Å². The molecule has 2 aromatic carbocycles. The fourth-order valence-corrected chi connectivity index (χ4v) is 4.95. The van der Waals surface area contributed by atoms with E-state index in [4.69, 9.17) is 9.47 Å². The van der Waals surface area contributed by atoms with Gasteiger partial charge in [0.25, 0.3) is 0 Å². The van der Waals surface area contributed by atoms with Gasteiger partial charge in [-0.25, -0.2) is 4.79 Å². The molecule has 0 heterocycles. The molecular formula is C30H43N5O6. The number of nitro groups is 1. The Bertz CT molecular complexity index is 1220. The molecule has 224 valence electrons. The van der Waals surface area contributed by atoms with Crippen LogP contribution in [0.25, 0.3) is 0 Å². The van der Waals surface area contributed by atoms with Crippen LogP contribution in [0.4, 0.5) is 27.5 Å². The highest BCUT2D eigenvalue weighted by atomic mass is 16.6. The van der Waals surface area contributed by atoms with E-state index in [0.29, 0.717) is 49.4 Å². The van der Waals surface area contributed by atoms with Crippen LogP contribution in [0.15, 0.2) is 36.4 Å². The number of ether oxygens (including phenoxy) is 2. The van der Waals surface area contributed by atoms with E-state index in [-0.39, 0.29) is 28.5 Å². The maximum absolute atomic E-state index is 12.9. The molecule has 0 atom stereocenters. The Morgan fingerprint density at radius 1 is 1.12 bits per heavy atom. The topological polar surface area (TPSA) is 135 Å². The molecule has 0 bridgehead atoms. The number of nitrogens with zero attached hydrogens (tertiary/aromatic N) is 2. The normalized spacial score (nSPS) is 16.8. The van der Waals surface area contributed by atoms with E-state index >= 15 is 0 Å². The molecule has 11 heteroatoms. The lowest BCUT2D eigenvalue weighted by atomic mass is 9.85. The minimum Gasteiger partial charge on any atom is -0.496 e. The summed E-state index contributed by atoms with van der Waals surface area (Å²) in [5, 5.41) is 21.2. The smallest absolute Gasteiger partial charge is 0.407 e. The molecule has 1 fully saturated rings. The van der Waals surface area contributed by atoms with Crippen molar-refractivity contribution in [2.75, 3.05) is 42.8 Å². The first-order valence-corrected chi connectivity index (χ1v) is 14.1. The monoisotopic (exact) mass is 569 g/mol. The van der Waals surface area contributed by atoms with Crippen LogP contribution < -0.4 is 25.6 Å². The Morgan fingerprint density at radius 2 is 1.83 bits per heavy atom. The SMILES string of the molecule is COc1cc(NC(=O)C2CCC(Nc3cccc(N(C)CCCNC(=O)OC(C)(C)C)c3[N+](=O)[O-])CC2)ccc1C. The highest BCUT2D eigenvalue weighted by Gasteiger charge is 2.29. The minimum absolute atomic E-state index is 0.0169. The average molecular weight is 570 g/mol. The van der Waals surface area contributed by atoms with Gasteiger partial charge >= 0.3 is 11.8 Å². The summed E-state index contributed by atoms with van der Waals surface area (Å²) in [6.45, 7) is 8.24. The number of nitrogens with one attached hydrogen (secondary N) is 3. The van der Waals surface area contributed by atoms with E-state index in [9.17, 15) is 19.7 Å². The predicted octanol–water partition coefficient (Wildman–Crippen LogP) is 5.87. The molecule has 0 saturated heterocycles. The van der Waals surface area contributed by atoms with Gasteiger partial charge < -0.3 is 30.3 Å². The van der Waals surface area contributed by atoms with Crippen LogP contribution in [0.1, 0.15) is 58.4 Å². The Hall–Kier alpha value is -4.02. The standard InChI is InChI=1S/C30H43N5O6/c1-20-11-14-23(19-26(20)40-6)33-28(36)21-12-15-22(16-13-21)32-24-9-7-10-25(27(24)35(38)39)34(5)18-8-17-31-29(37)41-30(2,3)4/h7,9-11,14,19,21-22,32H,8,12-13,15-18H2,1-6H3,(H,31,37)(H,33,36). The molecule has 2 amide bonds. The minimum atomic E-state index is -0.573. The van der Waals surface area contributed by atoms with Gasteiger partial charge in [-0.3, -0.25) is 14.9 Å². The number of anilines is 3. The molecule has 41 heavy (non-hydrogen) atoms. The molecule has 0 radical (unpaired) electrons. The van der Waals surface area contributed by atoms with Gasteiger partial charge in [0.2, 0.25) is 5.91 Å². The molecule has 1 aliphatic rings. The first kappa shape index (κ1) is 31.5. The van der Waals surface area contributed by atoms with Crippen molar-refractivity contribution in [2.45, 2.75) is 71.4 Å². The number of hydrogen-bond donors (Lipinski definition) is 3. The Labute approximate surface area is 242 Å². The van der Waals surface area contributed by atoms with E-state index in [1.54, 1.807) is 53.1 Å². The fraction of sp³-hybridized carbons (Fsp3) is 0.533. The zero-order chi connectivity index (χ0) is 30.2. The molecule has 1 aliphatic carbocycles. The van der Waals surface area contributed by atoms with Crippen LogP contribution in [-0.2, 0) is 9.53 Å².